The fourth-order valence-corrected chi connectivity index (χ4v) is 4.82. The molecule has 1 aromatic heterocycles. The van der Waals surface area contributed by atoms with Crippen molar-refractivity contribution >= 4 is 24.1 Å². The molecule has 0 saturated heterocycles. The Morgan fingerprint density at radius 2 is 1.57 bits per heavy atom. The lowest BCUT2D eigenvalue weighted by atomic mass is 9.97. The van der Waals surface area contributed by atoms with Crippen LogP contribution in [0.5, 0.6) is 11.8 Å². The highest BCUT2D eigenvalue weighted by Crippen LogP contribution is 2.50. The zero-order valence-electron chi connectivity index (χ0n) is 15.5. The van der Waals surface area contributed by atoms with Crippen molar-refractivity contribution in [3.8, 4) is 22.9 Å². The highest BCUT2D eigenvalue weighted by Gasteiger charge is 2.47. The molecule has 4 nitrogen and oxygen atoms in total. The molecule has 0 atom stereocenters. The molecule has 2 saturated carbocycles. The van der Waals surface area contributed by atoms with Crippen LogP contribution in [-0.4, -0.2) is 14.3 Å². The van der Waals surface area contributed by atoms with Crippen molar-refractivity contribution in [2.75, 3.05) is 0 Å². The van der Waals surface area contributed by atoms with E-state index in [9.17, 15) is 0 Å². The molecule has 2 aliphatic rings. The first kappa shape index (κ1) is 19.2. The fraction of sp³-hybridized carbons (Fsp3) is 0.364. The molecule has 0 aliphatic heterocycles. The molecule has 3 aromatic rings. The Kier molecular flexibility index (Phi) is 5.56. The molecule has 6 heteroatoms. The van der Waals surface area contributed by atoms with Crippen molar-refractivity contribution in [2.24, 2.45) is 5.92 Å². The summed E-state index contributed by atoms with van der Waals surface area (Å²) >= 11 is 1.16. The lowest BCUT2D eigenvalue weighted by molar-refractivity contribution is 0.0701. The quantitative estimate of drug-likeness (QED) is 0.502. The average Bonchev–Trinajstić information content (AvgIpc) is 3.44. The molecule has 0 radical (unpaired) electrons. The van der Waals surface area contributed by atoms with Crippen molar-refractivity contribution < 1.29 is 9.47 Å². The van der Waals surface area contributed by atoms with E-state index in [0.717, 1.165) is 42.5 Å². The molecule has 0 amide bonds. The molecule has 0 unspecified atom stereocenters. The standard InChI is InChI=1S/C22H22N2O2S.ClH/c1-2-4-18(5-3-1)19-8-6-17(7-9-19)15-25-20-21(24-27-23-20)26-22-12-10-16(14-22)11-13-22;/h1-9,16H,10-15H2;1H/t16-,22+;. The van der Waals surface area contributed by atoms with Crippen molar-refractivity contribution in [1.29, 1.82) is 0 Å². The maximum absolute atomic E-state index is 6.30. The first-order valence-electron chi connectivity index (χ1n) is 9.58. The third-order valence-electron chi connectivity index (χ3n) is 5.86. The third-order valence-corrected chi connectivity index (χ3v) is 6.35. The van der Waals surface area contributed by atoms with Gasteiger partial charge in [0.25, 0.3) is 11.8 Å². The average molecular weight is 415 g/mol. The van der Waals surface area contributed by atoms with Crippen LogP contribution in [0.2, 0.25) is 0 Å². The number of benzene rings is 2. The van der Waals surface area contributed by atoms with Gasteiger partial charge < -0.3 is 9.47 Å². The molecule has 2 bridgehead atoms. The summed E-state index contributed by atoms with van der Waals surface area (Å²) in [5.41, 5.74) is 3.51. The topological polar surface area (TPSA) is 44.2 Å². The van der Waals surface area contributed by atoms with Crippen molar-refractivity contribution in [2.45, 2.75) is 44.3 Å². The van der Waals surface area contributed by atoms with Crippen LogP contribution in [0.15, 0.2) is 54.6 Å². The summed E-state index contributed by atoms with van der Waals surface area (Å²) in [5, 5.41) is 0. The van der Waals surface area contributed by atoms with E-state index in [-0.39, 0.29) is 18.0 Å². The third kappa shape index (κ3) is 3.87. The molecule has 146 valence electrons. The SMILES string of the molecule is Cl.c1ccc(-c2ccc(COc3nsnc3O[C@]34CC[C@@H](CC3)C4)cc2)cc1. The smallest absolute Gasteiger partial charge is 0.291 e. The molecular weight excluding hydrogens is 392 g/mol. The van der Waals surface area contributed by atoms with Crippen molar-refractivity contribution in [3.05, 3.63) is 60.2 Å². The summed E-state index contributed by atoms with van der Waals surface area (Å²) < 4.78 is 20.9. The molecular formula is C22H23ClN2O2S. The van der Waals surface area contributed by atoms with Gasteiger partial charge in [-0.25, -0.2) is 0 Å². The first-order chi connectivity index (χ1) is 13.3. The van der Waals surface area contributed by atoms with Crippen LogP contribution in [0.1, 0.15) is 37.7 Å². The Balaban J connectivity index is 0.00000192. The number of ether oxygens (including phenoxy) is 2. The molecule has 2 fully saturated rings. The first-order valence-corrected chi connectivity index (χ1v) is 10.3. The number of hydrogen-bond donors (Lipinski definition) is 0. The summed E-state index contributed by atoms with van der Waals surface area (Å²) in [5.74, 6) is 1.93. The number of halogens is 1. The van der Waals surface area contributed by atoms with Crippen molar-refractivity contribution in [3.63, 3.8) is 0 Å². The van der Waals surface area contributed by atoms with Gasteiger partial charge in [0.1, 0.15) is 12.2 Å². The highest BCUT2D eigenvalue weighted by atomic mass is 35.5. The lowest BCUT2D eigenvalue weighted by Crippen LogP contribution is -2.30. The predicted molar refractivity (Wildman–Crippen MR) is 113 cm³/mol. The number of nitrogens with zero attached hydrogens (tertiary/aromatic N) is 2. The van der Waals surface area contributed by atoms with Crippen molar-refractivity contribution in [1.82, 2.24) is 8.75 Å². The summed E-state index contributed by atoms with van der Waals surface area (Å²) in [6.07, 6.45) is 5.99. The van der Waals surface area contributed by atoms with E-state index in [0.29, 0.717) is 18.4 Å². The minimum Gasteiger partial charge on any atom is -0.468 e. The van der Waals surface area contributed by atoms with E-state index in [1.165, 1.54) is 24.0 Å². The molecule has 2 aromatic carbocycles. The second-order valence-corrected chi connectivity index (χ2v) is 8.19. The zero-order chi connectivity index (χ0) is 18.1. The second kappa shape index (κ2) is 8.10. The van der Waals surface area contributed by atoms with E-state index < -0.39 is 0 Å². The predicted octanol–water partition coefficient (Wildman–Crippen LogP) is 5.92. The fourth-order valence-electron chi connectivity index (χ4n) is 4.39. The van der Waals surface area contributed by atoms with E-state index in [2.05, 4.69) is 57.3 Å². The van der Waals surface area contributed by atoms with Gasteiger partial charge in [-0.3, -0.25) is 0 Å². The minimum absolute atomic E-state index is 0. The van der Waals surface area contributed by atoms with Crippen LogP contribution >= 0.6 is 24.1 Å². The number of rotatable bonds is 6. The van der Waals surface area contributed by atoms with Gasteiger partial charge in [0.2, 0.25) is 0 Å². The number of hydrogen-bond acceptors (Lipinski definition) is 5. The molecule has 28 heavy (non-hydrogen) atoms. The van der Waals surface area contributed by atoms with Gasteiger partial charge in [-0.05, 0) is 54.7 Å². The molecule has 2 aliphatic carbocycles. The Bertz CT molecular complexity index is 906. The Morgan fingerprint density at radius 1 is 0.893 bits per heavy atom. The Morgan fingerprint density at radius 3 is 2.25 bits per heavy atom. The van der Waals surface area contributed by atoms with Crippen LogP contribution in [0, 0.1) is 5.92 Å². The second-order valence-electron chi connectivity index (χ2n) is 7.66. The van der Waals surface area contributed by atoms with Gasteiger partial charge in [-0.2, -0.15) is 0 Å². The van der Waals surface area contributed by atoms with E-state index >= 15 is 0 Å². The molecule has 1 heterocycles. The van der Waals surface area contributed by atoms with E-state index in [4.69, 9.17) is 9.47 Å². The van der Waals surface area contributed by atoms with Gasteiger partial charge in [-0.15, -0.1) is 21.2 Å². The summed E-state index contributed by atoms with van der Waals surface area (Å²) in [6.45, 7) is 0.465. The van der Waals surface area contributed by atoms with Crippen LogP contribution < -0.4 is 9.47 Å². The summed E-state index contributed by atoms with van der Waals surface area (Å²) in [7, 11) is 0. The summed E-state index contributed by atoms with van der Waals surface area (Å²) in [4.78, 5) is 0. The lowest BCUT2D eigenvalue weighted by Gasteiger charge is -2.26. The Hall–Kier alpha value is -2.11. The highest BCUT2D eigenvalue weighted by molar-refractivity contribution is 6.99. The van der Waals surface area contributed by atoms with Gasteiger partial charge >= 0.3 is 0 Å². The van der Waals surface area contributed by atoms with Gasteiger partial charge in [0.05, 0.1) is 11.7 Å². The van der Waals surface area contributed by atoms with Gasteiger partial charge in [0.15, 0.2) is 0 Å². The largest absolute Gasteiger partial charge is 0.468 e. The normalized spacial score (nSPS) is 22.6. The molecule has 0 N–H and O–H groups in total. The maximum Gasteiger partial charge on any atom is 0.291 e. The summed E-state index contributed by atoms with van der Waals surface area (Å²) in [6, 6.07) is 18.8. The molecule has 5 rings (SSSR count). The number of fused-ring (bicyclic) bond motifs is 2. The minimum atomic E-state index is -0.0180. The van der Waals surface area contributed by atoms with Crippen LogP contribution in [-0.2, 0) is 6.61 Å². The number of aromatic nitrogens is 2. The zero-order valence-corrected chi connectivity index (χ0v) is 17.2. The monoisotopic (exact) mass is 414 g/mol. The van der Waals surface area contributed by atoms with Crippen LogP contribution in [0.3, 0.4) is 0 Å². The van der Waals surface area contributed by atoms with E-state index in [1.54, 1.807) is 0 Å². The Labute approximate surface area is 175 Å². The molecule has 0 spiro atoms. The van der Waals surface area contributed by atoms with Crippen LogP contribution in [0.4, 0.5) is 0 Å². The van der Waals surface area contributed by atoms with Gasteiger partial charge in [0, 0.05) is 0 Å². The maximum atomic E-state index is 6.30. The van der Waals surface area contributed by atoms with Crippen LogP contribution in [0.25, 0.3) is 11.1 Å². The van der Waals surface area contributed by atoms with E-state index in [1.807, 2.05) is 6.07 Å². The van der Waals surface area contributed by atoms with Gasteiger partial charge in [-0.1, -0.05) is 54.6 Å².